The molecule has 0 aliphatic rings. The van der Waals surface area contributed by atoms with Gasteiger partial charge in [-0.2, -0.15) is 5.26 Å². The van der Waals surface area contributed by atoms with E-state index in [1.165, 1.54) is 7.11 Å². The molecule has 1 atom stereocenters. The maximum atomic E-state index is 12.7. The van der Waals surface area contributed by atoms with Crippen molar-refractivity contribution in [2.75, 3.05) is 20.8 Å². The van der Waals surface area contributed by atoms with Crippen molar-refractivity contribution >= 4 is 5.91 Å². The summed E-state index contributed by atoms with van der Waals surface area (Å²) in [5.74, 6) is 1.25. The summed E-state index contributed by atoms with van der Waals surface area (Å²) in [7, 11) is 3.10. The maximum Gasteiger partial charge on any atom is 0.258 e. The van der Waals surface area contributed by atoms with E-state index in [0.717, 1.165) is 16.9 Å². The number of carbonyl (C=O) groups excluding carboxylic acids is 1. The molecule has 1 N–H and O–H groups in total. The first-order valence-corrected chi connectivity index (χ1v) is 9.33. The fourth-order valence-corrected chi connectivity index (χ4v) is 3.00. The average Bonchev–Trinajstić information content (AvgIpc) is 2.81. The standard InChI is InChI=1S/C24H22N2O4/c1-28-20-11-9-19(10-12-20)24(18-6-4-3-5-7-18)26-23(27)16-30-21-13-8-17(15-25)14-22(21)29-2/h3-14,24H,16H2,1-2H3,(H,26,27)/t24-/m0/s1. The zero-order chi connectivity index (χ0) is 21.3. The number of carbonyl (C=O) groups is 1. The zero-order valence-corrected chi connectivity index (χ0v) is 16.8. The van der Waals surface area contributed by atoms with E-state index in [4.69, 9.17) is 19.5 Å². The van der Waals surface area contributed by atoms with Crippen LogP contribution >= 0.6 is 0 Å². The van der Waals surface area contributed by atoms with Gasteiger partial charge in [0.05, 0.1) is 31.9 Å². The Morgan fingerprint density at radius 2 is 1.63 bits per heavy atom. The number of hydrogen-bond donors (Lipinski definition) is 1. The fraction of sp³-hybridized carbons (Fsp3) is 0.167. The van der Waals surface area contributed by atoms with Gasteiger partial charge in [-0.15, -0.1) is 0 Å². The van der Waals surface area contributed by atoms with E-state index >= 15 is 0 Å². The molecule has 152 valence electrons. The molecule has 0 bridgehead atoms. The summed E-state index contributed by atoms with van der Waals surface area (Å²) < 4.78 is 16.1. The van der Waals surface area contributed by atoms with Crippen LogP contribution in [0.15, 0.2) is 72.8 Å². The molecular weight excluding hydrogens is 380 g/mol. The van der Waals surface area contributed by atoms with Crippen molar-refractivity contribution < 1.29 is 19.0 Å². The summed E-state index contributed by atoms with van der Waals surface area (Å²) in [6, 6.07) is 23.7. The number of rotatable bonds is 8. The van der Waals surface area contributed by atoms with Crippen LogP contribution in [0.25, 0.3) is 0 Å². The topological polar surface area (TPSA) is 80.6 Å². The van der Waals surface area contributed by atoms with Crippen LogP contribution in [0.5, 0.6) is 17.2 Å². The molecule has 3 aromatic carbocycles. The van der Waals surface area contributed by atoms with Gasteiger partial charge in [0.1, 0.15) is 5.75 Å². The Balaban J connectivity index is 1.74. The van der Waals surface area contributed by atoms with Crippen LogP contribution in [-0.2, 0) is 4.79 Å². The molecule has 30 heavy (non-hydrogen) atoms. The molecule has 3 aromatic rings. The summed E-state index contributed by atoms with van der Waals surface area (Å²) >= 11 is 0. The lowest BCUT2D eigenvalue weighted by atomic mass is 9.98. The minimum Gasteiger partial charge on any atom is -0.497 e. The normalized spacial score (nSPS) is 11.1. The Hall–Kier alpha value is -3.98. The number of nitriles is 1. The molecule has 0 saturated heterocycles. The number of methoxy groups -OCH3 is 2. The molecule has 0 spiro atoms. The molecule has 1 amide bonds. The Bertz CT molecular complexity index is 1030. The van der Waals surface area contributed by atoms with Crippen molar-refractivity contribution in [1.82, 2.24) is 5.32 Å². The fourth-order valence-electron chi connectivity index (χ4n) is 3.00. The minimum absolute atomic E-state index is 0.193. The molecule has 0 aromatic heterocycles. The van der Waals surface area contributed by atoms with Gasteiger partial charge < -0.3 is 19.5 Å². The maximum absolute atomic E-state index is 12.7. The number of ether oxygens (including phenoxy) is 3. The van der Waals surface area contributed by atoms with E-state index in [1.54, 1.807) is 25.3 Å². The van der Waals surface area contributed by atoms with E-state index in [1.807, 2.05) is 60.7 Å². The highest BCUT2D eigenvalue weighted by atomic mass is 16.5. The van der Waals surface area contributed by atoms with Gasteiger partial charge in [0, 0.05) is 6.07 Å². The van der Waals surface area contributed by atoms with Gasteiger partial charge in [-0.25, -0.2) is 0 Å². The third-order valence-electron chi connectivity index (χ3n) is 4.54. The molecule has 3 rings (SSSR count). The van der Waals surface area contributed by atoms with Crippen LogP contribution in [0.4, 0.5) is 0 Å². The van der Waals surface area contributed by atoms with Gasteiger partial charge in [-0.05, 0) is 35.4 Å². The third kappa shape index (κ3) is 5.09. The lowest BCUT2D eigenvalue weighted by Crippen LogP contribution is -2.33. The summed E-state index contributed by atoms with van der Waals surface area (Å²) in [5, 5.41) is 12.0. The highest BCUT2D eigenvalue weighted by Crippen LogP contribution is 2.28. The second-order valence-corrected chi connectivity index (χ2v) is 6.45. The monoisotopic (exact) mass is 402 g/mol. The van der Waals surface area contributed by atoms with Crippen LogP contribution in [-0.4, -0.2) is 26.7 Å². The highest BCUT2D eigenvalue weighted by Gasteiger charge is 2.18. The van der Waals surface area contributed by atoms with E-state index in [-0.39, 0.29) is 18.6 Å². The van der Waals surface area contributed by atoms with Crippen LogP contribution in [0.3, 0.4) is 0 Å². The van der Waals surface area contributed by atoms with Crippen molar-refractivity contribution in [3.8, 4) is 23.3 Å². The Morgan fingerprint density at radius 3 is 2.27 bits per heavy atom. The Labute approximate surface area is 175 Å². The van der Waals surface area contributed by atoms with Crippen molar-refractivity contribution in [3.05, 3.63) is 89.5 Å². The van der Waals surface area contributed by atoms with E-state index in [9.17, 15) is 4.79 Å². The molecule has 0 saturated carbocycles. The van der Waals surface area contributed by atoms with Crippen molar-refractivity contribution in [2.45, 2.75) is 6.04 Å². The number of nitrogens with zero attached hydrogens (tertiary/aromatic N) is 1. The largest absolute Gasteiger partial charge is 0.497 e. The van der Waals surface area contributed by atoms with E-state index in [2.05, 4.69) is 5.32 Å². The van der Waals surface area contributed by atoms with E-state index in [0.29, 0.717) is 17.1 Å². The Morgan fingerprint density at radius 1 is 0.933 bits per heavy atom. The van der Waals surface area contributed by atoms with Gasteiger partial charge >= 0.3 is 0 Å². The third-order valence-corrected chi connectivity index (χ3v) is 4.54. The summed E-state index contributed by atoms with van der Waals surface area (Å²) in [5.41, 5.74) is 2.32. The first kappa shape index (κ1) is 20.7. The number of hydrogen-bond acceptors (Lipinski definition) is 5. The van der Waals surface area contributed by atoms with Crippen molar-refractivity contribution in [3.63, 3.8) is 0 Å². The molecule has 0 radical (unpaired) electrons. The number of benzene rings is 3. The molecule has 0 unspecified atom stereocenters. The summed E-state index contributed by atoms with van der Waals surface area (Å²) in [4.78, 5) is 12.7. The molecule has 0 heterocycles. The van der Waals surface area contributed by atoms with Crippen LogP contribution < -0.4 is 19.5 Å². The SMILES string of the molecule is COc1ccc([C@@H](NC(=O)COc2ccc(C#N)cc2OC)c2ccccc2)cc1. The second-order valence-electron chi connectivity index (χ2n) is 6.45. The highest BCUT2D eigenvalue weighted by molar-refractivity contribution is 5.78. The van der Waals surface area contributed by atoms with Gasteiger partial charge in [0.2, 0.25) is 0 Å². The smallest absolute Gasteiger partial charge is 0.258 e. The Kier molecular flexibility index (Phi) is 6.91. The first-order chi connectivity index (χ1) is 14.6. The van der Waals surface area contributed by atoms with Crippen LogP contribution in [0, 0.1) is 11.3 Å². The summed E-state index contributed by atoms with van der Waals surface area (Å²) in [6.07, 6.45) is 0. The molecular formula is C24H22N2O4. The molecule has 6 heteroatoms. The van der Waals surface area contributed by atoms with E-state index < -0.39 is 0 Å². The molecule has 0 aliphatic heterocycles. The average molecular weight is 402 g/mol. The number of nitrogens with one attached hydrogen (secondary N) is 1. The molecule has 6 nitrogen and oxygen atoms in total. The second kappa shape index (κ2) is 9.99. The lowest BCUT2D eigenvalue weighted by Gasteiger charge is -2.20. The number of amides is 1. The predicted octanol–water partition coefficient (Wildman–Crippen LogP) is 3.86. The van der Waals surface area contributed by atoms with Gasteiger partial charge in [-0.3, -0.25) is 4.79 Å². The van der Waals surface area contributed by atoms with Gasteiger partial charge in [0.15, 0.2) is 18.1 Å². The van der Waals surface area contributed by atoms with Crippen LogP contribution in [0.2, 0.25) is 0 Å². The molecule has 0 fully saturated rings. The zero-order valence-electron chi connectivity index (χ0n) is 16.8. The van der Waals surface area contributed by atoms with Crippen molar-refractivity contribution in [2.24, 2.45) is 0 Å². The van der Waals surface area contributed by atoms with Gasteiger partial charge in [-0.1, -0.05) is 42.5 Å². The minimum atomic E-state index is -0.337. The first-order valence-electron chi connectivity index (χ1n) is 9.33. The van der Waals surface area contributed by atoms with Crippen LogP contribution in [0.1, 0.15) is 22.7 Å². The predicted molar refractivity (Wildman–Crippen MR) is 113 cm³/mol. The molecule has 0 aliphatic carbocycles. The van der Waals surface area contributed by atoms with Gasteiger partial charge in [0.25, 0.3) is 5.91 Å². The van der Waals surface area contributed by atoms with Crippen molar-refractivity contribution in [1.29, 1.82) is 5.26 Å². The quantitative estimate of drug-likeness (QED) is 0.619. The lowest BCUT2D eigenvalue weighted by molar-refractivity contribution is -0.123. The summed E-state index contributed by atoms with van der Waals surface area (Å²) in [6.45, 7) is -0.193.